The molecule has 3 aliphatic rings. The quantitative estimate of drug-likeness (QED) is 0.705. The van der Waals surface area contributed by atoms with Gasteiger partial charge in [0.2, 0.25) is 11.8 Å². The van der Waals surface area contributed by atoms with Gasteiger partial charge in [-0.2, -0.15) is 0 Å². The van der Waals surface area contributed by atoms with Gasteiger partial charge in [0.1, 0.15) is 0 Å². The van der Waals surface area contributed by atoms with Gasteiger partial charge < -0.3 is 15.5 Å². The van der Waals surface area contributed by atoms with Crippen molar-refractivity contribution in [3.05, 3.63) is 0 Å². The van der Waals surface area contributed by atoms with E-state index in [2.05, 4.69) is 22.5 Å². The van der Waals surface area contributed by atoms with Crippen molar-refractivity contribution in [3.8, 4) is 0 Å². The minimum absolute atomic E-state index is 0. The Bertz CT molecular complexity index is 446. The van der Waals surface area contributed by atoms with Crippen LogP contribution >= 0.6 is 24.8 Å². The fraction of sp³-hybridized carbons (Fsp3) is 0.882. The highest BCUT2D eigenvalue weighted by molar-refractivity contribution is 5.89. The monoisotopic (exact) mass is 394 g/mol. The van der Waals surface area contributed by atoms with Crippen molar-refractivity contribution in [2.24, 2.45) is 5.92 Å². The van der Waals surface area contributed by atoms with Crippen molar-refractivity contribution in [3.63, 3.8) is 0 Å². The molecule has 8 heteroatoms. The Balaban J connectivity index is 0.00000156. The van der Waals surface area contributed by atoms with Crippen LogP contribution in [-0.4, -0.2) is 73.0 Å². The molecule has 2 amide bonds. The highest BCUT2D eigenvalue weighted by Crippen LogP contribution is 2.23. The summed E-state index contributed by atoms with van der Waals surface area (Å²) in [4.78, 5) is 28.9. The average molecular weight is 395 g/mol. The molecule has 3 atom stereocenters. The predicted molar refractivity (Wildman–Crippen MR) is 103 cm³/mol. The lowest BCUT2D eigenvalue weighted by Gasteiger charge is -2.27. The molecule has 3 heterocycles. The van der Waals surface area contributed by atoms with Gasteiger partial charge in [-0.25, -0.2) is 0 Å². The number of carbonyl (C=O) groups excluding carboxylic acids is 2. The molecular weight excluding hydrogens is 363 g/mol. The molecule has 3 aliphatic heterocycles. The Morgan fingerprint density at radius 2 is 2.08 bits per heavy atom. The van der Waals surface area contributed by atoms with Crippen LogP contribution in [0.3, 0.4) is 0 Å². The third kappa shape index (κ3) is 5.71. The first-order valence-corrected chi connectivity index (χ1v) is 9.20. The van der Waals surface area contributed by atoms with E-state index in [1.54, 1.807) is 0 Å². The van der Waals surface area contributed by atoms with E-state index in [1.165, 1.54) is 19.3 Å². The van der Waals surface area contributed by atoms with Crippen molar-refractivity contribution < 1.29 is 9.59 Å². The van der Waals surface area contributed by atoms with Crippen LogP contribution in [0.5, 0.6) is 0 Å². The van der Waals surface area contributed by atoms with Crippen LogP contribution in [0.1, 0.15) is 39.0 Å². The number of nitrogens with zero attached hydrogens (tertiary/aromatic N) is 2. The summed E-state index contributed by atoms with van der Waals surface area (Å²) in [6.45, 7) is 7.49. The Morgan fingerprint density at radius 3 is 2.76 bits per heavy atom. The zero-order valence-electron chi connectivity index (χ0n) is 15.0. The maximum atomic E-state index is 12.3. The Labute approximate surface area is 163 Å². The first-order valence-electron chi connectivity index (χ1n) is 9.20. The van der Waals surface area contributed by atoms with E-state index in [1.807, 2.05) is 4.90 Å². The van der Waals surface area contributed by atoms with Gasteiger partial charge in [-0.15, -0.1) is 24.8 Å². The minimum Gasteiger partial charge on any atom is -0.354 e. The van der Waals surface area contributed by atoms with E-state index in [9.17, 15) is 9.59 Å². The summed E-state index contributed by atoms with van der Waals surface area (Å²) >= 11 is 0. The van der Waals surface area contributed by atoms with Crippen LogP contribution in [0.25, 0.3) is 0 Å². The summed E-state index contributed by atoms with van der Waals surface area (Å²) in [6.07, 6.45) is 5.08. The van der Waals surface area contributed by atoms with E-state index in [-0.39, 0.29) is 42.5 Å². The first kappa shape index (κ1) is 22.5. The largest absolute Gasteiger partial charge is 0.354 e. The molecule has 0 spiro atoms. The number of halogens is 2. The van der Waals surface area contributed by atoms with Crippen molar-refractivity contribution in [1.29, 1.82) is 0 Å². The number of hydrogen-bond acceptors (Lipinski definition) is 4. The second-order valence-corrected chi connectivity index (χ2v) is 7.16. The van der Waals surface area contributed by atoms with Crippen molar-refractivity contribution in [2.75, 3.05) is 39.3 Å². The molecule has 2 N–H and O–H groups in total. The van der Waals surface area contributed by atoms with Gasteiger partial charge in [0, 0.05) is 38.1 Å². The van der Waals surface area contributed by atoms with Gasteiger partial charge in [-0.1, -0.05) is 6.92 Å². The maximum absolute atomic E-state index is 12.3. The summed E-state index contributed by atoms with van der Waals surface area (Å²) in [5, 5.41) is 6.41. The van der Waals surface area contributed by atoms with E-state index >= 15 is 0 Å². The number of carbonyl (C=O) groups is 2. The summed E-state index contributed by atoms with van der Waals surface area (Å²) in [6, 6.07) is 0.886. The Hall–Kier alpha value is -0.560. The molecule has 25 heavy (non-hydrogen) atoms. The van der Waals surface area contributed by atoms with Gasteiger partial charge >= 0.3 is 0 Å². The van der Waals surface area contributed by atoms with Crippen LogP contribution in [0.15, 0.2) is 0 Å². The Kier molecular flexibility index (Phi) is 9.49. The average Bonchev–Trinajstić information content (AvgIpc) is 3.27. The molecule has 0 aromatic rings. The highest BCUT2D eigenvalue weighted by atomic mass is 35.5. The zero-order chi connectivity index (χ0) is 16.2. The number of likely N-dealkylation sites (N-methyl/N-ethyl adjacent to an activating group) is 1. The molecular formula is C17H32Cl2N4O2. The summed E-state index contributed by atoms with van der Waals surface area (Å²) in [5.41, 5.74) is 0. The summed E-state index contributed by atoms with van der Waals surface area (Å²) < 4.78 is 0. The smallest absolute Gasteiger partial charge is 0.225 e. The second kappa shape index (κ2) is 10.6. The molecule has 0 saturated carbocycles. The number of likely N-dealkylation sites (tertiary alicyclic amines) is 2. The summed E-state index contributed by atoms with van der Waals surface area (Å²) in [5.74, 6) is 0.0285. The first-order chi connectivity index (χ1) is 11.2. The lowest BCUT2D eigenvalue weighted by atomic mass is 10.1. The highest BCUT2D eigenvalue weighted by Gasteiger charge is 2.36. The van der Waals surface area contributed by atoms with Crippen LogP contribution < -0.4 is 10.6 Å². The number of nitrogens with one attached hydrogen (secondary N) is 2. The molecule has 0 aromatic heterocycles. The van der Waals surface area contributed by atoms with Crippen molar-refractivity contribution in [2.45, 2.75) is 51.1 Å². The van der Waals surface area contributed by atoms with E-state index in [0.717, 1.165) is 32.6 Å². The zero-order valence-corrected chi connectivity index (χ0v) is 16.7. The third-order valence-corrected chi connectivity index (χ3v) is 5.61. The van der Waals surface area contributed by atoms with Crippen molar-refractivity contribution >= 4 is 36.6 Å². The molecule has 0 bridgehead atoms. The number of hydrogen-bond donors (Lipinski definition) is 2. The molecule has 3 unspecified atom stereocenters. The fourth-order valence-corrected chi connectivity index (χ4v) is 4.20. The molecule has 3 fully saturated rings. The number of amides is 2. The van der Waals surface area contributed by atoms with Gasteiger partial charge in [-0.3, -0.25) is 14.5 Å². The minimum atomic E-state index is -0.166. The fourth-order valence-electron chi connectivity index (χ4n) is 4.20. The van der Waals surface area contributed by atoms with E-state index in [0.29, 0.717) is 31.6 Å². The standard InChI is InChI=1S/C17H30N4O2.2ClH/c1-2-20-8-4-6-15(20)12-21-11-13(9-16(21)22)17(23)19-10-14-5-3-7-18-14;;/h13-15,18H,2-12H2,1H3,(H,19,23);2*1H. The number of rotatable bonds is 6. The SMILES string of the molecule is CCN1CCCC1CN1CC(C(=O)NCC2CCCN2)CC1=O.Cl.Cl. The van der Waals surface area contributed by atoms with E-state index < -0.39 is 0 Å². The van der Waals surface area contributed by atoms with Crippen LogP contribution in [0.4, 0.5) is 0 Å². The Morgan fingerprint density at radius 1 is 1.28 bits per heavy atom. The van der Waals surface area contributed by atoms with Gasteiger partial charge in [0.05, 0.1) is 5.92 Å². The molecule has 3 saturated heterocycles. The van der Waals surface area contributed by atoms with Crippen LogP contribution in [0.2, 0.25) is 0 Å². The van der Waals surface area contributed by atoms with Crippen LogP contribution in [-0.2, 0) is 9.59 Å². The molecule has 0 aromatic carbocycles. The lowest BCUT2D eigenvalue weighted by molar-refractivity contribution is -0.129. The third-order valence-electron chi connectivity index (χ3n) is 5.61. The maximum Gasteiger partial charge on any atom is 0.225 e. The summed E-state index contributed by atoms with van der Waals surface area (Å²) in [7, 11) is 0. The predicted octanol–water partition coefficient (Wildman–Crippen LogP) is 1.03. The van der Waals surface area contributed by atoms with E-state index in [4.69, 9.17) is 0 Å². The van der Waals surface area contributed by atoms with Gasteiger partial charge in [0.15, 0.2) is 0 Å². The van der Waals surface area contributed by atoms with Crippen molar-refractivity contribution in [1.82, 2.24) is 20.4 Å². The molecule has 0 aliphatic carbocycles. The molecule has 0 radical (unpaired) electrons. The molecule has 146 valence electrons. The normalized spacial score (nSPS) is 29.4. The second-order valence-electron chi connectivity index (χ2n) is 7.16. The van der Waals surface area contributed by atoms with Crippen LogP contribution in [0, 0.1) is 5.92 Å². The molecule has 3 rings (SSSR count). The van der Waals surface area contributed by atoms with Gasteiger partial charge in [-0.05, 0) is 45.3 Å². The lowest BCUT2D eigenvalue weighted by Crippen LogP contribution is -2.42. The topological polar surface area (TPSA) is 64.7 Å². The van der Waals surface area contributed by atoms with Gasteiger partial charge in [0.25, 0.3) is 0 Å². The molecule has 6 nitrogen and oxygen atoms in total.